The van der Waals surface area contributed by atoms with Crippen molar-refractivity contribution in [1.29, 1.82) is 0 Å². The zero-order valence-corrected chi connectivity index (χ0v) is 10.4. The first-order chi connectivity index (χ1) is 7.31. The van der Waals surface area contributed by atoms with Crippen LogP contribution in [-0.2, 0) is 0 Å². The van der Waals surface area contributed by atoms with Gasteiger partial charge in [0, 0.05) is 35.7 Å². The van der Waals surface area contributed by atoms with Crippen molar-refractivity contribution >= 4 is 23.2 Å². The van der Waals surface area contributed by atoms with Crippen molar-refractivity contribution in [1.82, 2.24) is 10.2 Å². The van der Waals surface area contributed by atoms with Gasteiger partial charge in [0.25, 0.3) is 0 Å². The molecule has 15 heavy (non-hydrogen) atoms. The van der Waals surface area contributed by atoms with Gasteiger partial charge in [0.2, 0.25) is 0 Å². The smallest absolute Gasteiger partial charge is 0.0432 e. The summed E-state index contributed by atoms with van der Waals surface area (Å²) in [6, 6.07) is 1.34. The molecule has 2 rings (SSSR count). The molecule has 86 valence electrons. The van der Waals surface area contributed by atoms with Gasteiger partial charge in [0.15, 0.2) is 0 Å². The van der Waals surface area contributed by atoms with Crippen molar-refractivity contribution < 1.29 is 0 Å². The molecule has 0 aromatic rings. The normalized spacial score (nSPS) is 33.1. The molecule has 4 heteroatoms. The van der Waals surface area contributed by atoms with Gasteiger partial charge in [-0.15, -0.1) is 0 Å². The van der Waals surface area contributed by atoms with Gasteiger partial charge in [0.05, 0.1) is 0 Å². The summed E-state index contributed by atoms with van der Waals surface area (Å²) in [7, 11) is 0. The second kappa shape index (κ2) is 5.53. The standard InChI is InChI=1S/C11H18Cl2N2/c12-7-9(13)8-14-10-4-6-15-5-2-1-3-11(10)15/h7,10-11,14H,1-6,8H2. The zero-order valence-electron chi connectivity index (χ0n) is 8.88. The Hall–Kier alpha value is 0.240. The van der Waals surface area contributed by atoms with E-state index in [-0.39, 0.29) is 0 Å². The van der Waals surface area contributed by atoms with Gasteiger partial charge in [-0.25, -0.2) is 0 Å². The first kappa shape index (κ1) is 11.7. The molecule has 0 bridgehead atoms. The SMILES string of the molecule is ClC=C(Cl)CNC1CCN2CCCCC12. The molecule has 2 unspecified atom stereocenters. The van der Waals surface area contributed by atoms with Gasteiger partial charge < -0.3 is 5.32 Å². The molecule has 0 aliphatic carbocycles. The van der Waals surface area contributed by atoms with Crippen LogP contribution >= 0.6 is 23.2 Å². The van der Waals surface area contributed by atoms with E-state index in [4.69, 9.17) is 23.2 Å². The van der Waals surface area contributed by atoms with Crippen molar-refractivity contribution in [2.75, 3.05) is 19.6 Å². The predicted molar refractivity (Wildman–Crippen MR) is 65.4 cm³/mol. The van der Waals surface area contributed by atoms with Crippen molar-refractivity contribution in [3.05, 3.63) is 10.6 Å². The highest BCUT2D eigenvalue weighted by Gasteiger charge is 2.34. The summed E-state index contributed by atoms with van der Waals surface area (Å²) < 4.78 is 0. The van der Waals surface area contributed by atoms with E-state index in [0.717, 1.165) is 6.04 Å². The third-order valence-electron chi connectivity index (χ3n) is 3.51. The summed E-state index contributed by atoms with van der Waals surface area (Å²) in [4.78, 5) is 2.61. The minimum Gasteiger partial charge on any atom is -0.307 e. The van der Waals surface area contributed by atoms with Crippen LogP contribution in [0.25, 0.3) is 0 Å². The molecule has 2 heterocycles. The second-order valence-electron chi connectivity index (χ2n) is 4.43. The zero-order chi connectivity index (χ0) is 10.7. The molecular formula is C11H18Cl2N2. The lowest BCUT2D eigenvalue weighted by molar-refractivity contribution is 0.181. The molecule has 0 aromatic carbocycles. The minimum atomic E-state index is 0.607. The fourth-order valence-corrected chi connectivity index (χ4v) is 2.91. The molecule has 0 radical (unpaired) electrons. The molecule has 2 fully saturated rings. The van der Waals surface area contributed by atoms with Gasteiger partial charge in [-0.05, 0) is 25.8 Å². The van der Waals surface area contributed by atoms with E-state index < -0.39 is 0 Å². The summed E-state index contributed by atoms with van der Waals surface area (Å²) in [5.74, 6) is 0. The molecule has 0 saturated carbocycles. The second-order valence-corrected chi connectivity index (χ2v) is 5.13. The predicted octanol–water partition coefficient (Wildman–Crippen LogP) is 2.52. The average Bonchev–Trinajstić information content (AvgIpc) is 2.69. The molecule has 2 nitrogen and oxygen atoms in total. The van der Waals surface area contributed by atoms with E-state index in [2.05, 4.69) is 10.2 Å². The molecule has 0 amide bonds. The lowest BCUT2D eigenvalue weighted by Crippen LogP contribution is -2.45. The van der Waals surface area contributed by atoms with Crippen LogP contribution in [0.15, 0.2) is 10.6 Å². The molecule has 0 spiro atoms. The quantitative estimate of drug-likeness (QED) is 0.826. The van der Waals surface area contributed by atoms with Crippen molar-refractivity contribution in [2.45, 2.75) is 37.8 Å². The van der Waals surface area contributed by atoms with Crippen molar-refractivity contribution in [3.8, 4) is 0 Å². The summed E-state index contributed by atoms with van der Waals surface area (Å²) in [6.07, 6.45) is 5.32. The van der Waals surface area contributed by atoms with Crippen molar-refractivity contribution in [2.24, 2.45) is 0 Å². The van der Waals surface area contributed by atoms with Gasteiger partial charge in [0.1, 0.15) is 0 Å². The van der Waals surface area contributed by atoms with E-state index in [9.17, 15) is 0 Å². The maximum atomic E-state index is 5.87. The first-order valence-corrected chi connectivity index (χ1v) is 6.55. The minimum absolute atomic E-state index is 0.607. The first-order valence-electron chi connectivity index (χ1n) is 5.73. The van der Waals surface area contributed by atoms with E-state index in [1.807, 2.05) is 0 Å². The highest BCUT2D eigenvalue weighted by molar-refractivity contribution is 6.36. The summed E-state index contributed by atoms with van der Waals surface area (Å²) in [5, 5.41) is 4.21. The van der Waals surface area contributed by atoms with Crippen molar-refractivity contribution in [3.63, 3.8) is 0 Å². The maximum Gasteiger partial charge on any atom is 0.0432 e. The number of halogens is 2. The van der Waals surface area contributed by atoms with Gasteiger partial charge in [-0.3, -0.25) is 4.90 Å². The molecule has 2 saturated heterocycles. The highest BCUT2D eigenvalue weighted by atomic mass is 35.5. The molecule has 2 aliphatic rings. The monoisotopic (exact) mass is 248 g/mol. The lowest BCUT2D eigenvalue weighted by atomic mass is 9.99. The maximum absolute atomic E-state index is 5.87. The lowest BCUT2D eigenvalue weighted by Gasteiger charge is -2.32. The Morgan fingerprint density at radius 3 is 3.00 bits per heavy atom. The Balaban J connectivity index is 1.83. The molecular weight excluding hydrogens is 231 g/mol. The van der Waals surface area contributed by atoms with Crippen LogP contribution in [0, 0.1) is 0 Å². The van der Waals surface area contributed by atoms with Crippen LogP contribution in [0.3, 0.4) is 0 Å². The van der Waals surface area contributed by atoms with Gasteiger partial charge >= 0.3 is 0 Å². The van der Waals surface area contributed by atoms with E-state index in [1.165, 1.54) is 44.3 Å². The van der Waals surface area contributed by atoms with Gasteiger partial charge in [-0.2, -0.15) is 0 Å². The third-order valence-corrected chi connectivity index (χ3v) is 4.13. The molecule has 2 aliphatic heterocycles. The van der Waals surface area contributed by atoms with Crippen LogP contribution in [0.5, 0.6) is 0 Å². The summed E-state index contributed by atoms with van der Waals surface area (Å²) in [5.41, 5.74) is 1.45. The fourth-order valence-electron chi connectivity index (χ4n) is 2.75. The molecule has 2 atom stereocenters. The van der Waals surface area contributed by atoms with Crippen LogP contribution in [-0.4, -0.2) is 36.6 Å². The van der Waals surface area contributed by atoms with E-state index >= 15 is 0 Å². The Labute approximate surface area is 102 Å². The Morgan fingerprint density at radius 2 is 2.20 bits per heavy atom. The summed E-state index contributed by atoms with van der Waals surface area (Å²) >= 11 is 11.4. The Morgan fingerprint density at radius 1 is 1.33 bits per heavy atom. The van der Waals surface area contributed by atoms with E-state index in [0.29, 0.717) is 17.6 Å². The average molecular weight is 249 g/mol. The van der Waals surface area contributed by atoms with Crippen LogP contribution in [0.1, 0.15) is 25.7 Å². The number of hydrogen-bond acceptors (Lipinski definition) is 2. The third kappa shape index (κ3) is 2.88. The van der Waals surface area contributed by atoms with E-state index in [1.54, 1.807) is 0 Å². The summed E-state index contributed by atoms with van der Waals surface area (Å²) in [6.45, 7) is 3.23. The largest absolute Gasteiger partial charge is 0.307 e. The number of fused-ring (bicyclic) bond motifs is 1. The van der Waals surface area contributed by atoms with Crippen LogP contribution in [0.2, 0.25) is 0 Å². The van der Waals surface area contributed by atoms with Gasteiger partial charge in [-0.1, -0.05) is 29.6 Å². The number of hydrogen-bond donors (Lipinski definition) is 1. The Kier molecular flexibility index (Phi) is 4.32. The van der Waals surface area contributed by atoms with Crippen LogP contribution in [0.4, 0.5) is 0 Å². The Bertz CT molecular complexity index is 243. The number of rotatable bonds is 3. The fraction of sp³-hybridized carbons (Fsp3) is 0.818. The number of piperidine rings is 1. The number of nitrogens with one attached hydrogen (secondary N) is 1. The number of nitrogens with zero attached hydrogens (tertiary/aromatic N) is 1. The topological polar surface area (TPSA) is 15.3 Å². The van der Waals surface area contributed by atoms with Crippen LogP contribution < -0.4 is 5.32 Å². The molecule has 0 aromatic heterocycles. The highest BCUT2D eigenvalue weighted by Crippen LogP contribution is 2.27. The molecule has 1 N–H and O–H groups in total.